The highest BCUT2D eigenvalue weighted by Crippen LogP contribution is 2.30. The Morgan fingerprint density at radius 1 is 0.714 bits per heavy atom. The normalized spacial score (nSPS) is 11.0. The summed E-state index contributed by atoms with van der Waals surface area (Å²) in [6.07, 6.45) is 0. The van der Waals surface area contributed by atoms with Crippen molar-refractivity contribution >= 4 is 27.6 Å². The molecule has 2 nitrogen and oxygen atoms in total. The Bertz CT molecular complexity index is 893. The molecule has 3 aromatic carbocycles. The van der Waals surface area contributed by atoms with E-state index in [0.29, 0.717) is 0 Å². The minimum atomic E-state index is 0.822. The summed E-state index contributed by atoms with van der Waals surface area (Å²) >= 11 is 0. The molecule has 0 fully saturated rings. The first-order chi connectivity index (χ1) is 10.4. The van der Waals surface area contributed by atoms with E-state index >= 15 is 0 Å². The molecule has 1 N–H and O–H groups in total. The van der Waals surface area contributed by atoms with E-state index in [0.717, 1.165) is 34.2 Å². The predicted molar refractivity (Wildman–Crippen MR) is 87.5 cm³/mol. The molecule has 1 aromatic heterocycles. The van der Waals surface area contributed by atoms with Crippen LogP contribution in [0, 0.1) is 0 Å². The molecule has 0 aliphatic heterocycles. The lowest BCUT2D eigenvalue weighted by atomic mass is 10.1. The van der Waals surface area contributed by atoms with Crippen LogP contribution in [0.2, 0.25) is 0 Å². The van der Waals surface area contributed by atoms with Crippen LogP contribution in [0.5, 0.6) is 0 Å². The lowest BCUT2D eigenvalue weighted by molar-refractivity contribution is 0.669. The molecule has 21 heavy (non-hydrogen) atoms. The molecule has 2 heteroatoms. The van der Waals surface area contributed by atoms with Crippen LogP contribution in [0.25, 0.3) is 21.9 Å². The van der Waals surface area contributed by atoms with E-state index < -0.39 is 0 Å². The first-order valence-electron chi connectivity index (χ1n) is 7.09. The van der Waals surface area contributed by atoms with Crippen molar-refractivity contribution in [3.63, 3.8) is 0 Å². The van der Waals surface area contributed by atoms with Gasteiger partial charge in [0.05, 0.1) is 0 Å². The molecular formula is C19H15NO. The second-order valence-corrected chi connectivity index (χ2v) is 5.15. The van der Waals surface area contributed by atoms with Gasteiger partial charge in [-0.1, -0.05) is 48.5 Å². The Balaban J connectivity index is 1.68. The van der Waals surface area contributed by atoms with Crippen LogP contribution in [-0.2, 0) is 6.54 Å². The van der Waals surface area contributed by atoms with Crippen molar-refractivity contribution in [2.45, 2.75) is 6.54 Å². The third kappa shape index (κ3) is 2.25. The van der Waals surface area contributed by atoms with Crippen molar-refractivity contribution in [1.29, 1.82) is 0 Å². The summed E-state index contributed by atoms with van der Waals surface area (Å²) in [6, 6.07) is 24.8. The summed E-state index contributed by atoms with van der Waals surface area (Å²) in [7, 11) is 0. The summed E-state index contributed by atoms with van der Waals surface area (Å²) in [5, 5.41) is 5.78. The third-order valence-corrected chi connectivity index (χ3v) is 3.72. The van der Waals surface area contributed by atoms with Crippen molar-refractivity contribution in [2.24, 2.45) is 0 Å². The monoisotopic (exact) mass is 273 g/mol. The number of hydrogen-bond donors (Lipinski definition) is 1. The molecule has 1 heterocycles. The van der Waals surface area contributed by atoms with E-state index in [9.17, 15) is 0 Å². The molecule has 102 valence electrons. The predicted octanol–water partition coefficient (Wildman–Crippen LogP) is 5.20. The van der Waals surface area contributed by atoms with E-state index in [-0.39, 0.29) is 0 Å². The topological polar surface area (TPSA) is 25.2 Å². The zero-order chi connectivity index (χ0) is 14.1. The maximum atomic E-state index is 5.84. The number of benzene rings is 3. The standard InChI is InChI=1S/C19H15NO/c1-2-6-14(7-3-1)13-20-15-10-11-19-17(12-15)16-8-4-5-9-18(16)21-19/h1-12,20H,13H2. The Morgan fingerprint density at radius 2 is 1.48 bits per heavy atom. The number of furan rings is 1. The van der Waals surface area contributed by atoms with Gasteiger partial charge in [0.25, 0.3) is 0 Å². The van der Waals surface area contributed by atoms with Gasteiger partial charge in [-0.05, 0) is 29.8 Å². The third-order valence-electron chi connectivity index (χ3n) is 3.72. The summed E-state index contributed by atoms with van der Waals surface area (Å²) < 4.78 is 5.84. The average molecular weight is 273 g/mol. The first kappa shape index (κ1) is 12.0. The van der Waals surface area contributed by atoms with Crippen LogP contribution in [0.4, 0.5) is 5.69 Å². The Labute approximate surface area is 123 Å². The van der Waals surface area contributed by atoms with Gasteiger partial charge in [-0.25, -0.2) is 0 Å². The molecule has 0 unspecified atom stereocenters. The van der Waals surface area contributed by atoms with Crippen molar-refractivity contribution in [2.75, 3.05) is 5.32 Å². The zero-order valence-corrected chi connectivity index (χ0v) is 11.5. The van der Waals surface area contributed by atoms with Gasteiger partial charge in [-0.3, -0.25) is 0 Å². The number of hydrogen-bond acceptors (Lipinski definition) is 2. The van der Waals surface area contributed by atoms with E-state index in [4.69, 9.17) is 4.42 Å². The van der Waals surface area contributed by atoms with Crippen molar-refractivity contribution < 1.29 is 4.42 Å². The fourth-order valence-electron chi connectivity index (χ4n) is 2.64. The van der Waals surface area contributed by atoms with Crippen molar-refractivity contribution in [3.8, 4) is 0 Å². The van der Waals surface area contributed by atoms with E-state index in [1.807, 2.05) is 30.3 Å². The molecule has 0 bridgehead atoms. The summed E-state index contributed by atoms with van der Waals surface area (Å²) in [6.45, 7) is 0.822. The summed E-state index contributed by atoms with van der Waals surface area (Å²) in [5.41, 5.74) is 4.25. The number of fused-ring (bicyclic) bond motifs is 3. The SMILES string of the molecule is c1ccc(CNc2ccc3oc4ccccc4c3c2)cc1. The minimum Gasteiger partial charge on any atom is -0.456 e. The quantitative estimate of drug-likeness (QED) is 0.555. The molecule has 0 spiro atoms. The van der Waals surface area contributed by atoms with E-state index in [1.165, 1.54) is 5.56 Å². The molecule has 0 atom stereocenters. The maximum absolute atomic E-state index is 5.84. The highest BCUT2D eigenvalue weighted by molar-refractivity contribution is 6.05. The zero-order valence-electron chi connectivity index (χ0n) is 11.5. The van der Waals surface area contributed by atoms with Gasteiger partial charge >= 0.3 is 0 Å². The van der Waals surface area contributed by atoms with Crippen LogP contribution in [0.1, 0.15) is 5.56 Å². The van der Waals surface area contributed by atoms with Gasteiger partial charge in [0.2, 0.25) is 0 Å². The van der Waals surface area contributed by atoms with Gasteiger partial charge in [0, 0.05) is 23.0 Å². The number of nitrogens with one attached hydrogen (secondary N) is 1. The summed E-state index contributed by atoms with van der Waals surface area (Å²) in [5.74, 6) is 0. The fraction of sp³-hybridized carbons (Fsp3) is 0.0526. The molecule has 0 saturated carbocycles. The van der Waals surface area contributed by atoms with E-state index in [2.05, 4.69) is 47.8 Å². The lowest BCUT2D eigenvalue weighted by Crippen LogP contribution is -1.98. The largest absolute Gasteiger partial charge is 0.456 e. The van der Waals surface area contributed by atoms with Crippen molar-refractivity contribution in [3.05, 3.63) is 78.4 Å². The van der Waals surface area contributed by atoms with Crippen LogP contribution in [-0.4, -0.2) is 0 Å². The molecule has 0 radical (unpaired) electrons. The molecule has 4 aromatic rings. The fourth-order valence-corrected chi connectivity index (χ4v) is 2.64. The number of anilines is 1. The highest BCUT2D eigenvalue weighted by atomic mass is 16.3. The molecule has 0 saturated heterocycles. The van der Waals surface area contributed by atoms with Gasteiger partial charge in [0.1, 0.15) is 11.2 Å². The maximum Gasteiger partial charge on any atom is 0.135 e. The van der Waals surface area contributed by atoms with Crippen molar-refractivity contribution in [1.82, 2.24) is 0 Å². The minimum absolute atomic E-state index is 0.822. The molecular weight excluding hydrogens is 258 g/mol. The average Bonchev–Trinajstić information content (AvgIpc) is 2.92. The van der Waals surface area contributed by atoms with Crippen LogP contribution < -0.4 is 5.32 Å². The molecule has 0 aliphatic carbocycles. The van der Waals surface area contributed by atoms with Gasteiger partial charge in [-0.15, -0.1) is 0 Å². The van der Waals surface area contributed by atoms with E-state index in [1.54, 1.807) is 0 Å². The Morgan fingerprint density at radius 3 is 2.38 bits per heavy atom. The first-order valence-corrected chi connectivity index (χ1v) is 7.09. The molecule has 0 aliphatic rings. The van der Waals surface area contributed by atoms with Gasteiger partial charge in [-0.2, -0.15) is 0 Å². The second-order valence-electron chi connectivity index (χ2n) is 5.15. The van der Waals surface area contributed by atoms with Gasteiger partial charge < -0.3 is 9.73 Å². The summed E-state index contributed by atoms with van der Waals surface area (Å²) in [4.78, 5) is 0. The molecule has 0 amide bonds. The smallest absolute Gasteiger partial charge is 0.135 e. The molecule has 4 rings (SSSR count). The van der Waals surface area contributed by atoms with Crippen LogP contribution in [0.15, 0.2) is 77.2 Å². The second kappa shape index (κ2) is 4.98. The number of rotatable bonds is 3. The highest BCUT2D eigenvalue weighted by Gasteiger charge is 2.06. The number of para-hydroxylation sites is 1. The Hall–Kier alpha value is -2.74. The van der Waals surface area contributed by atoms with Crippen LogP contribution >= 0.6 is 0 Å². The lowest BCUT2D eigenvalue weighted by Gasteiger charge is -2.06. The Kier molecular flexibility index (Phi) is 2.86. The van der Waals surface area contributed by atoms with Gasteiger partial charge in [0.15, 0.2) is 0 Å². The van der Waals surface area contributed by atoms with Crippen LogP contribution in [0.3, 0.4) is 0 Å².